The van der Waals surface area contributed by atoms with Gasteiger partial charge in [-0.15, -0.1) is 0 Å². The normalized spacial score (nSPS) is 11.7. The third-order valence-corrected chi connectivity index (χ3v) is 5.27. The number of halogens is 1. The van der Waals surface area contributed by atoms with E-state index in [9.17, 15) is 8.42 Å². The molecule has 1 rings (SSSR count). The van der Waals surface area contributed by atoms with Crippen molar-refractivity contribution >= 4 is 43.2 Å². The van der Waals surface area contributed by atoms with Gasteiger partial charge in [-0.3, -0.25) is 0 Å². The van der Waals surface area contributed by atoms with E-state index in [4.69, 9.17) is 18.0 Å². The lowest BCUT2D eigenvalue weighted by Crippen LogP contribution is -2.30. The number of hydrogen-bond acceptors (Lipinski definition) is 3. The molecule has 0 radical (unpaired) electrons. The average Bonchev–Trinajstić information content (AvgIpc) is 2.26. The number of hydrogen-bond donors (Lipinski definition) is 1. The van der Waals surface area contributed by atoms with Gasteiger partial charge >= 0.3 is 0 Å². The van der Waals surface area contributed by atoms with Crippen LogP contribution >= 0.6 is 28.1 Å². The smallest absolute Gasteiger partial charge is 0.243 e. The molecule has 0 bridgehead atoms. The Kier molecular flexibility index (Phi) is 5.05. The summed E-state index contributed by atoms with van der Waals surface area (Å²) in [5.41, 5.74) is 5.35. The van der Waals surface area contributed by atoms with Gasteiger partial charge < -0.3 is 5.73 Å². The van der Waals surface area contributed by atoms with E-state index in [2.05, 4.69) is 15.9 Å². The second kappa shape index (κ2) is 5.90. The molecule has 0 spiro atoms. The standard InChI is InChI=1S/C10H13BrN2O2S2/c1-13(7-6-10(12)16)17(14,15)9-5-3-2-4-8(9)11/h2-5H,6-7H2,1H3,(H2,12,16). The zero-order valence-electron chi connectivity index (χ0n) is 9.26. The molecule has 0 saturated heterocycles. The Labute approximate surface area is 115 Å². The third kappa shape index (κ3) is 3.74. The van der Waals surface area contributed by atoms with Gasteiger partial charge in [-0.2, -0.15) is 0 Å². The Morgan fingerprint density at radius 2 is 2.06 bits per heavy atom. The predicted octanol–water partition coefficient (Wildman–Crippen LogP) is 1.75. The Hall–Kier alpha value is -0.500. The van der Waals surface area contributed by atoms with E-state index in [0.29, 0.717) is 15.9 Å². The van der Waals surface area contributed by atoms with E-state index in [1.54, 1.807) is 24.3 Å². The second-order valence-corrected chi connectivity index (χ2v) is 6.87. The van der Waals surface area contributed by atoms with Crippen molar-refractivity contribution in [2.45, 2.75) is 11.3 Å². The van der Waals surface area contributed by atoms with Crippen LogP contribution in [-0.4, -0.2) is 31.3 Å². The van der Waals surface area contributed by atoms with Gasteiger partial charge in [0.2, 0.25) is 10.0 Å². The van der Waals surface area contributed by atoms with E-state index < -0.39 is 10.0 Å². The Bertz CT molecular complexity index is 517. The van der Waals surface area contributed by atoms with Crippen LogP contribution in [0.5, 0.6) is 0 Å². The molecular weight excluding hydrogens is 324 g/mol. The first-order valence-corrected chi connectivity index (χ1v) is 7.49. The molecule has 2 N–H and O–H groups in total. The highest BCUT2D eigenvalue weighted by Crippen LogP contribution is 2.23. The van der Waals surface area contributed by atoms with Crippen LogP contribution in [0.4, 0.5) is 0 Å². The summed E-state index contributed by atoms with van der Waals surface area (Å²) in [5.74, 6) is 0. The van der Waals surface area contributed by atoms with Crippen LogP contribution in [-0.2, 0) is 10.0 Å². The maximum atomic E-state index is 12.2. The summed E-state index contributed by atoms with van der Waals surface area (Å²) in [7, 11) is -1.99. The van der Waals surface area contributed by atoms with Crippen molar-refractivity contribution in [1.82, 2.24) is 4.31 Å². The predicted molar refractivity (Wildman–Crippen MR) is 75.4 cm³/mol. The number of nitrogens with zero attached hydrogens (tertiary/aromatic N) is 1. The SMILES string of the molecule is CN(CCC(N)=S)S(=O)(=O)c1ccccc1Br. The van der Waals surface area contributed by atoms with Gasteiger partial charge in [-0.1, -0.05) is 24.4 Å². The number of nitrogens with two attached hydrogens (primary N) is 1. The summed E-state index contributed by atoms with van der Waals surface area (Å²) in [6, 6.07) is 6.68. The summed E-state index contributed by atoms with van der Waals surface area (Å²) in [5, 5.41) is 0. The molecule has 7 heteroatoms. The second-order valence-electron chi connectivity index (χ2n) is 3.47. The van der Waals surface area contributed by atoms with Gasteiger partial charge in [-0.25, -0.2) is 12.7 Å². The summed E-state index contributed by atoms with van der Waals surface area (Å²) in [6.07, 6.45) is 0.371. The van der Waals surface area contributed by atoms with E-state index in [1.165, 1.54) is 11.4 Å². The molecular formula is C10H13BrN2O2S2. The van der Waals surface area contributed by atoms with Crippen LogP contribution in [0.2, 0.25) is 0 Å². The number of benzene rings is 1. The zero-order valence-corrected chi connectivity index (χ0v) is 12.5. The first-order chi connectivity index (χ1) is 7.85. The van der Waals surface area contributed by atoms with Crippen LogP contribution in [0, 0.1) is 0 Å². The Morgan fingerprint density at radius 3 is 2.59 bits per heavy atom. The van der Waals surface area contributed by atoms with Crippen molar-refractivity contribution < 1.29 is 8.42 Å². The molecule has 17 heavy (non-hydrogen) atoms. The minimum Gasteiger partial charge on any atom is -0.393 e. The minimum atomic E-state index is -3.49. The van der Waals surface area contributed by atoms with Crippen LogP contribution in [0.15, 0.2) is 33.6 Å². The highest BCUT2D eigenvalue weighted by Gasteiger charge is 2.22. The fraction of sp³-hybridized carbons (Fsp3) is 0.300. The largest absolute Gasteiger partial charge is 0.393 e. The first-order valence-electron chi connectivity index (χ1n) is 4.85. The number of rotatable bonds is 5. The summed E-state index contributed by atoms with van der Waals surface area (Å²) in [4.78, 5) is 0.546. The van der Waals surface area contributed by atoms with E-state index in [0.717, 1.165) is 0 Å². The van der Waals surface area contributed by atoms with E-state index in [-0.39, 0.29) is 11.4 Å². The molecule has 0 saturated carbocycles. The lowest BCUT2D eigenvalue weighted by atomic mass is 10.4. The highest BCUT2D eigenvalue weighted by atomic mass is 79.9. The first kappa shape index (κ1) is 14.6. The van der Waals surface area contributed by atoms with Crippen LogP contribution < -0.4 is 5.73 Å². The fourth-order valence-corrected chi connectivity index (χ4v) is 3.43. The fourth-order valence-electron chi connectivity index (χ4n) is 1.21. The van der Waals surface area contributed by atoms with Crippen molar-refractivity contribution in [3.05, 3.63) is 28.7 Å². The summed E-state index contributed by atoms with van der Waals surface area (Å²) in [6.45, 7) is 0.277. The molecule has 0 fully saturated rings. The maximum absolute atomic E-state index is 12.2. The molecule has 0 aromatic heterocycles. The van der Waals surface area contributed by atoms with Crippen molar-refractivity contribution in [2.75, 3.05) is 13.6 Å². The van der Waals surface area contributed by atoms with Gasteiger partial charge in [0.05, 0.1) is 9.88 Å². The van der Waals surface area contributed by atoms with Gasteiger partial charge in [-0.05, 0) is 28.1 Å². The van der Waals surface area contributed by atoms with Gasteiger partial charge in [0, 0.05) is 24.5 Å². The third-order valence-electron chi connectivity index (χ3n) is 2.20. The lowest BCUT2D eigenvalue weighted by molar-refractivity contribution is 0.478. The summed E-state index contributed by atoms with van der Waals surface area (Å²) < 4.78 is 26.1. The molecule has 4 nitrogen and oxygen atoms in total. The summed E-state index contributed by atoms with van der Waals surface area (Å²) >= 11 is 7.95. The van der Waals surface area contributed by atoms with Gasteiger partial charge in [0.1, 0.15) is 0 Å². The van der Waals surface area contributed by atoms with Crippen LogP contribution in [0.25, 0.3) is 0 Å². The van der Waals surface area contributed by atoms with Gasteiger partial charge in [0.15, 0.2) is 0 Å². The van der Waals surface area contributed by atoms with Crippen molar-refractivity contribution in [3.8, 4) is 0 Å². The molecule has 1 aromatic carbocycles. The lowest BCUT2D eigenvalue weighted by Gasteiger charge is -2.17. The topological polar surface area (TPSA) is 63.4 Å². The molecule has 94 valence electrons. The molecule has 0 heterocycles. The molecule has 0 atom stereocenters. The highest BCUT2D eigenvalue weighted by molar-refractivity contribution is 9.10. The monoisotopic (exact) mass is 336 g/mol. The Balaban J connectivity index is 2.96. The van der Waals surface area contributed by atoms with Crippen LogP contribution in [0.1, 0.15) is 6.42 Å². The molecule has 0 aliphatic heterocycles. The molecule has 0 aliphatic carbocycles. The number of thiocarbonyl (C=S) groups is 1. The van der Waals surface area contributed by atoms with Crippen molar-refractivity contribution in [2.24, 2.45) is 5.73 Å². The minimum absolute atomic E-state index is 0.241. The van der Waals surface area contributed by atoms with Crippen LogP contribution in [0.3, 0.4) is 0 Å². The quantitative estimate of drug-likeness (QED) is 0.832. The molecule has 0 amide bonds. The average molecular weight is 337 g/mol. The van der Waals surface area contributed by atoms with Gasteiger partial charge in [0.25, 0.3) is 0 Å². The Morgan fingerprint density at radius 1 is 1.47 bits per heavy atom. The molecule has 1 aromatic rings. The zero-order chi connectivity index (χ0) is 13.1. The van der Waals surface area contributed by atoms with E-state index >= 15 is 0 Å². The molecule has 0 aliphatic rings. The van der Waals surface area contributed by atoms with E-state index in [1.807, 2.05) is 0 Å². The number of sulfonamides is 1. The van der Waals surface area contributed by atoms with Crippen molar-refractivity contribution in [3.63, 3.8) is 0 Å². The molecule has 0 unspecified atom stereocenters. The maximum Gasteiger partial charge on any atom is 0.243 e. The van der Waals surface area contributed by atoms with Crippen molar-refractivity contribution in [1.29, 1.82) is 0 Å².